The lowest BCUT2D eigenvalue weighted by Gasteiger charge is -2.18. The number of benzene rings is 1. The van der Waals surface area contributed by atoms with Crippen molar-refractivity contribution >= 4 is 33.7 Å². The molecule has 0 aliphatic rings. The maximum Gasteiger partial charge on any atom is 0.305 e. The molecule has 0 aromatic heterocycles. The minimum atomic E-state index is -1.01. The number of carboxylic acids is 1. The van der Waals surface area contributed by atoms with Crippen molar-refractivity contribution in [2.45, 2.75) is 32.2 Å². The van der Waals surface area contributed by atoms with Crippen LogP contribution in [-0.2, 0) is 14.4 Å². The first kappa shape index (κ1) is 18.2. The Morgan fingerprint density at radius 1 is 1.18 bits per heavy atom. The molecule has 22 heavy (non-hydrogen) atoms. The molecule has 0 saturated heterocycles. The highest BCUT2D eigenvalue weighted by Gasteiger charge is 2.18. The first-order chi connectivity index (χ1) is 10.4. The molecule has 0 fully saturated rings. The maximum atomic E-state index is 11.9. The zero-order valence-corrected chi connectivity index (χ0v) is 13.9. The predicted octanol–water partition coefficient (Wildman–Crippen LogP) is 2.00. The third-order valence-electron chi connectivity index (χ3n) is 2.91. The average Bonchev–Trinajstić information content (AvgIpc) is 2.45. The number of nitrogens with one attached hydrogen (secondary N) is 2. The second-order valence-electron chi connectivity index (χ2n) is 4.80. The molecule has 6 nitrogen and oxygen atoms in total. The Kier molecular flexibility index (Phi) is 7.59. The molecule has 1 aromatic carbocycles. The predicted molar refractivity (Wildman–Crippen MR) is 85.2 cm³/mol. The van der Waals surface area contributed by atoms with Gasteiger partial charge in [-0.1, -0.05) is 35.0 Å². The zero-order chi connectivity index (χ0) is 16.5. The molecule has 1 aromatic rings. The fourth-order valence-corrected chi connectivity index (χ4v) is 2.13. The number of amides is 2. The maximum absolute atomic E-state index is 11.9. The quantitative estimate of drug-likeness (QED) is 0.651. The van der Waals surface area contributed by atoms with E-state index < -0.39 is 17.9 Å². The van der Waals surface area contributed by atoms with Gasteiger partial charge in [-0.2, -0.15) is 0 Å². The van der Waals surface area contributed by atoms with E-state index in [0.29, 0.717) is 18.4 Å². The van der Waals surface area contributed by atoms with Crippen LogP contribution in [0.4, 0.5) is 0 Å². The molecule has 0 aliphatic carbocycles. The van der Waals surface area contributed by atoms with E-state index in [1.54, 1.807) is 24.3 Å². The Morgan fingerprint density at radius 3 is 2.36 bits per heavy atom. The van der Waals surface area contributed by atoms with Gasteiger partial charge in [-0.05, 0) is 24.1 Å². The lowest BCUT2D eigenvalue weighted by molar-refractivity contribution is -0.138. The molecule has 2 amide bonds. The van der Waals surface area contributed by atoms with Gasteiger partial charge >= 0.3 is 5.97 Å². The van der Waals surface area contributed by atoms with Gasteiger partial charge in [0.25, 0.3) is 0 Å². The van der Waals surface area contributed by atoms with Crippen LogP contribution >= 0.6 is 15.9 Å². The van der Waals surface area contributed by atoms with E-state index in [4.69, 9.17) is 5.11 Å². The summed E-state index contributed by atoms with van der Waals surface area (Å²) in [5, 5.41) is 14.1. The summed E-state index contributed by atoms with van der Waals surface area (Å²) in [6.45, 7) is 1.71. The lowest BCUT2D eigenvalue weighted by Crippen LogP contribution is -2.39. The van der Waals surface area contributed by atoms with Crippen LogP contribution in [0.3, 0.4) is 0 Å². The summed E-state index contributed by atoms with van der Waals surface area (Å²) >= 11 is 3.30. The van der Waals surface area contributed by atoms with Gasteiger partial charge in [0.05, 0.1) is 19.0 Å². The largest absolute Gasteiger partial charge is 0.481 e. The molecule has 7 heteroatoms. The summed E-state index contributed by atoms with van der Waals surface area (Å²) in [5.41, 5.74) is 0.693. The average molecular weight is 371 g/mol. The highest BCUT2D eigenvalue weighted by Crippen LogP contribution is 2.19. The number of rotatable bonds is 8. The second kappa shape index (κ2) is 9.19. The Labute approximate surface area is 137 Å². The summed E-state index contributed by atoms with van der Waals surface area (Å²) < 4.78 is 0.864. The smallest absolute Gasteiger partial charge is 0.305 e. The Bertz CT molecular complexity index is 531. The topological polar surface area (TPSA) is 95.5 Å². The number of hydrogen-bond donors (Lipinski definition) is 3. The van der Waals surface area contributed by atoms with Gasteiger partial charge in [-0.15, -0.1) is 0 Å². The van der Waals surface area contributed by atoms with Gasteiger partial charge in [0.2, 0.25) is 11.8 Å². The van der Waals surface area contributed by atoms with Crippen LogP contribution in [0.25, 0.3) is 0 Å². The fraction of sp³-hybridized carbons (Fsp3) is 0.400. The van der Waals surface area contributed by atoms with Crippen molar-refractivity contribution in [1.29, 1.82) is 0 Å². The highest BCUT2D eigenvalue weighted by molar-refractivity contribution is 9.10. The molecule has 0 radical (unpaired) electrons. The van der Waals surface area contributed by atoms with Crippen molar-refractivity contribution in [2.75, 3.05) is 6.54 Å². The van der Waals surface area contributed by atoms with Gasteiger partial charge in [0.15, 0.2) is 0 Å². The van der Waals surface area contributed by atoms with E-state index in [-0.39, 0.29) is 18.9 Å². The van der Waals surface area contributed by atoms with Crippen LogP contribution in [-0.4, -0.2) is 29.4 Å². The number of carboxylic acid groups (broad SMARTS) is 1. The number of halogens is 1. The number of carbonyl (C=O) groups is 3. The molecule has 0 bridgehead atoms. The van der Waals surface area contributed by atoms with Crippen molar-refractivity contribution < 1.29 is 19.5 Å². The van der Waals surface area contributed by atoms with Crippen LogP contribution in [0.5, 0.6) is 0 Å². The van der Waals surface area contributed by atoms with E-state index in [2.05, 4.69) is 26.6 Å². The van der Waals surface area contributed by atoms with Crippen LogP contribution in [0, 0.1) is 0 Å². The van der Waals surface area contributed by atoms with Crippen molar-refractivity contribution in [3.8, 4) is 0 Å². The number of aliphatic carboxylic acids is 1. The van der Waals surface area contributed by atoms with Gasteiger partial charge < -0.3 is 15.7 Å². The van der Waals surface area contributed by atoms with Crippen LogP contribution < -0.4 is 10.6 Å². The van der Waals surface area contributed by atoms with E-state index in [9.17, 15) is 14.4 Å². The summed E-state index contributed by atoms with van der Waals surface area (Å²) in [4.78, 5) is 34.1. The lowest BCUT2D eigenvalue weighted by atomic mass is 10.0. The summed E-state index contributed by atoms with van der Waals surface area (Å²) in [5.74, 6) is -1.63. The van der Waals surface area contributed by atoms with Crippen LogP contribution in [0.1, 0.15) is 37.8 Å². The SMILES string of the molecule is CCCC(=O)NCC(=O)NC(CC(=O)O)c1ccc(Br)cc1. The highest BCUT2D eigenvalue weighted by atomic mass is 79.9. The first-order valence-electron chi connectivity index (χ1n) is 6.95. The molecule has 1 unspecified atom stereocenters. The normalized spacial score (nSPS) is 11.5. The van der Waals surface area contributed by atoms with Crippen molar-refractivity contribution in [2.24, 2.45) is 0 Å². The van der Waals surface area contributed by atoms with Gasteiger partial charge in [-0.25, -0.2) is 0 Å². The van der Waals surface area contributed by atoms with Crippen LogP contribution in [0.15, 0.2) is 28.7 Å². The van der Waals surface area contributed by atoms with Gasteiger partial charge in [0.1, 0.15) is 0 Å². The zero-order valence-electron chi connectivity index (χ0n) is 12.3. The summed E-state index contributed by atoms with van der Waals surface area (Å²) in [6, 6.07) is 6.40. The van der Waals surface area contributed by atoms with E-state index in [0.717, 1.165) is 4.47 Å². The Hall–Kier alpha value is -1.89. The van der Waals surface area contributed by atoms with E-state index in [1.807, 2.05) is 6.92 Å². The summed E-state index contributed by atoms with van der Waals surface area (Å²) in [6.07, 6.45) is 0.836. The minimum absolute atomic E-state index is 0.161. The second-order valence-corrected chi connectivity index (χ2v) is 5.71. The molecular formula is C15H19BrN2O4. The third kappa shape index (κ3) is 6.71. The van der Waals surface area contributed by atoms with Gasteiger partial charge in [-0.3, -0.25) is 14.4 Å². The Morgan fingerprint density at radius 2 is 1.82 bits per heavy atom. The first-order valence-corrected chi connectivity index (χ1v) is 7.75. The van der Waals surface area contributed by atoms with E-state index >= 15 is 0 Å². The van der Waals surface area contributed by atoms with Gasteiger partial charge in [0, 0.05) is 10.9 Å². The molecule has 0 saturated carbocycles. The van der Waals surface area contributed by atoms with E-state index in [1.165, 1.54) is 0 Å². The molecule has 1 atom stereocenters. The summed E-state index contributed by atoms with van der Waals surface area (Å²) in [7, 11) is 0. The molecule has 0 aliphatic heterocycles. The number of carbonyl (C=O) groups excluding carboxylic acids is 2. The van der Waals surface area contributed by atoms with Crippen LogP contribution in [0.2, 0.25) is 0 Å². The monoisotopic (exact) mass is 370 g/mol. The van der Waals surface area contributed by atoms with Crippen molar-refractivity contribution in [3.63, 3.8) is 0 Å². The van der Waals surface area contributed by atoms with Crippen molar-refractivity contribution in [1.82, 2.24) is 10.6 Å². The minimum Gasteiger partial charge on any atom is -0.481 e. The molecule has 3 N–H and O–H groups in total. The molecule has 0 spiro atoms. The standard InChI is InChI=1S/C15H19BrN2O4/c1-2-3-13(19)17-9-14(20)18-12(8-15(21)22)10-4-6-11(16)7-5-10/h4-7,12H,2-3,8-9H2,1H3,(H,17,19)(H,18,20)(H,21,22). The fourth-order valence-electron chi connectivity index (χ4n) is 1.86. The molecular weight excluding hydrogens is 352 g/mol. The number of hydrogen-bond acceptors (Lipinski definition) is 3. The molecule has 120 valence electrons. The third-order valence-corrected chi connectivity index (χ3v) is 3.44. The Balaban J connectivity index is 2.65. The molecule has 0 heterocycles. The molecule has 1 rings (SSSR count). The van der Waals surface area contributed by atoms with Crippen molar-refractivity contribution in [3.05, 3.63) is 34.3 Å².